The molecule has 5 atom stereocenters. The van der Waals surface area contributed by atoms with Crippen LogP contribution in [0, 0.1) is 11.3 Å². The van der Waals surface area contributed by atoms with Crippen molar-refractivity contribution in [3.05, 3.63) is 120 Å². The smallest absolute Gasteiger partial charge is 0.264 e. The molecule has 21 heteroatoms. The highest BCUT2D eigenvalue weighted by Gasteiger charge is 2.42. The predicted octanol–water partition coefficient (Wildman–Crippen LogP) is 3.63. The number of unbranched alkanes of at least 4 members (excludes halogenated alkanes) is 1. The van der Waals surface area contributed by atoms with E-state index in [1.807, 2.05) is 78.8 Å². The number of amides is 8. The quantitative estimate of drug-likeness (QED) is 0.0298. The zero-order chi connectivity index (χ0) is 58.0. The van der Waals surface area contributed by atoms with E-state index in [9.17, 15) is 46.8 Å². The molecule has 3 aromatic carbocycles. The molecule has 8 N–H and O–H groups in total. The Morgan fingerprint density at radius 2 is 1.36 bits per heavy atom. The van der Waals surface area contributed by atoms with Crippen LogP contribution in [0.2, 0.25) is 0 Å². The highest BCUT2D eigenvalue weighted by atomic mass is 32.2. The highest BCUT2D eigenvalue weighted by Crippen LogP contribution is 2.29. The number of carbonyl (C=O) groups excluding carboxylic acids is 8. The number of benzene rings is 3. The number of imide groups is 1. The average molecular weight is 1100 g/mol. The molecule has 78 heavy (non-hydrogen) atoms. The number of anilines is 1. The van der Waals surface area contributed by atoms with Gasteiger partial charge in [-0.05, 0) is 86.5 Å². The molecule has 0 aromatic heterocycles. The number of nitrogens with zero attached hydrogens (tertiary/aromatic N) is 2. The normalized spacial score (nSPS) is 15.0. The number of rotatable bonds is 29. The van der Waals surface area contributed by atoms with Crippen molar-refractivity contribution in [1.29, 1.82) is 0 Å². The van der Waals surface area contributed by atoms with Gasteiger partial charge in [0, 0.05) is 48.7 Å². The number of hydrogen-bond donors (Lipinski definition) is 7. The van der Waals surface area contributed by atoms with Crippen LogP contribution >= 0.6 is 0 Å². The summed E-state index contributed by atoms with van der Waals surface area (Å²) in [7, 11) is -1.20. The Labute approximate surface area is 459 Å². The third kappa shape index (κ3) is 18.3. The van der Waals surface area contributed by atoms with Crippen molar-refractivity contribution in [1.82, 2.24) is 35.8 Å². The van der Waals surface area contributed by atoms with Gasteiger partial charge in [-0.2, -0.15) is 0 Å². The third-order valence-electron chi connectivity index (χ3n) is 13.5. The molecule has 3 aromatic rings. The summed E-state index contributed by atoms with van der Waals surface area (Å²) in [5.74, 6) is -4.64. The number of nitrogens with two attached hydrogens (primary N) is 1. The van der Waals surface area contributed by atoms with Gasteiger partial charge in [0.05, 0.1) is 36.7 Å². The summed E-state index contributed by atoms with van der Waals surface area (Å²) in [6.07, 6.45) is 4.98. The Balaban J connectivity index is 1.42. The van der Waals surface area contributed by atoms with Gasteiger partial charge < -0.3 is 42.0 Å². The lowest BCUT2D eigenvalue weighted by Gasteiger charge is -2.40. The van der Waals surface area contributed by atoms with Gasteiger partial charge >= 0.3 is 0 Å². The Morgan fingerprint density at radius 3 is 1.92 bits per heavy atom. The van der Waals surface area contributed by atoms with Crippen molar-refractivity contribution in [3.8, 4) is 0 Å². The first-order chi connectivity index (χ1) is 36.7. The maximum absolute atomic E-state index is 14.4. The van der Waals surface area contributed by atoms with E-state index >= 15 is 0 Å². The van der Waals surface area contributed by atoms with Crippen molar-refractivity contribution in [3.63, 3.8) is 0 Å². The summed E-state index contributed by atoms with van der Waals surface area (Å²) < 4.78 is 34.8. The molecule has 8 amide bonds. The first-order valence-electron chi connectivity index (χ1n) is 26.1. The predicted molar refractivity (Wildman–Crippen MR) is 297 cm³/mol. The van der Waals surface area contributed by atoms with Crippen LogP contribution in [-0.4, -0.2) is 136 Å². The van der Waals surface area contributed by atoms with Crippen molar-refractivity contribution in [2.75, 3.05) is 45.7 Å². The number of sulfonamides is 1. The van der Waals surface area contributed by atoms with Gasteiger partial charge in [-0.3, -0.25) is 43.3 Å². The minimum atomic E-state index is -4.47. The second-order valence-electron chi connectivity index (χ2n) is 21.3. The van der Waals surface area contributed by atoms with E-state index in [4.69, 9.17) is 10.5 Å². The number of ether oxygens (including phenoxy) is 1. The topological polar surface area (TPSA) is 285 Å². The zero-order valence-electron chi connectivity index (χ0n) is 46.5. The number of likely N-dealkylation sites (N-methyl/N-ethyl adjacent to an activating group) is 2. The van der Waals surface area contributed by atoms with E-state index < -0.39 is 92.4 Å². The van der Waals surface area contributed by atoms with Gasteiger partial charge in [0.1, 0.15) is 18.1 Å². The molecule has 1 heterocycles. The van der Waals surface area contributed by atoms with Crippen LogP contribution in [0.3, 0.4) is 0 Å². The maximum atomic E-state index is 14.4. The molecule has 0 fully saturated rings. The van der Waals surface area contributed by atoms with Crippen molar-refractivity contribution < 1.29 is 51.5 Å². The number of carbonyl (C=O) groups is 8. The van der Waals surface area contributed by atoms with Gasteiger partial charge in [0.25, 0.3) is 27.7 Å². The molecule has 0 bridgehead atoms. The lowest BCUT2D eigenvalue weighted by molar-refractivity contribution is -0.141. The molecule has 0 aliphatic carbocycles. The Hall–Kier alpha value is -7.07. The molecular weight excluding hydrogens is 1020 g/mol. The molecule has 0 saturated heterocycles. The van der Waals surface area contributed by atoms with E-state index in [1.54, 1.807) is 44.4 Å². The van der Waals surface area contributed by atoms with Gasteiger partial charge in [-0.15, -0.1) is 0 Å². The monoisotopic (exact) mass is 1100 g/mol. The summed E-state index contributed by atoms with van der Waals surface area (Å²) in [6.45, 7) is 14.9. The largest absolute Gasteiger partial charge is 0.379 e. The zero-order valence-corrected chi connectivity index (χ0v) is 47.3. The van der Waals surface area contributed by atoms with Gasteiger partial charge in [0.15, 0.2) is 0 Å². The van der Waals surface area contributed by atoms with Crippen LogP contribution in [0.5, 0.6) is 0 Å². The first kappa shape index (κ1) is 63.5. The van der Waals surface area contributed by atoms with Crippen molar-refractivity contribution in [2.24, 2.45) is 17.1 Å². The van der Waals surface area contributed by atoms with Gasteiger partial charge in [-0.25, -0.2) is 13.1 Å². The fraction of sp³-hybridized carbons (Fsp3) is 0.474. The summed E-state index contributed by atoms with van der Waals surface area (Å²) in [6, 6.07) is 19.0. The maximum Gasteiger partial charge on any atom is 0.264 e. The number of hydrogen-bond acceptors (Lipinski definition) is 13. The Morgan fingerprint density at radius 1 is 0.756 bits per heavy atom. The SMILES string of the molecule is CN[C@H](C(=O)N[C@H](C(=O)N(C)[C@H](/C=C(\C)C(=O)NS(=O)(=O)c1ccc(NC(=O)[C@H](CCCCN)NC(=O)[C@H](Cc2ccccc2)NC(=O)CCOCCN2C(=O)C=CC2=O)cc1)C(C)C)C(C)(C)C)C(C)(C)c1ccccc1. The fourth-order valence-electron chi connectivity index (χ4n) is 8.80. The van der Waals surface area contributed by atoms with Crippen LogP contribution in [0.4, 0.5) is 5.69 Å². The lowest BCUT2D eigenvalue weighted by Crippen LogP contribution is -2.61. The number of nitrogens with one attached hydrogen (secondary N) is 6. The Bertz CT molecular complexity index is 2730. The molecule has 0 saturated carbocycles. The summed E-state index contributed by atoms with van der Waals surface area (Å²) in [5, 5.41) is 14.4. The minimum Gasteiger partial charge on any atom is -0.379 e. The first-order valence-corrected chi connectivity index (χ1v) is 27.6. The lowest BCUT2D eigenvalue weighted by atomic mass is 9.76. The molecule has 4 rings (SSSR count). The third-order valence-corrected chi connectivity index (χ3v) is 14.8. The average Bonchev–Trinajstić information content (AvgIpc) is 3.71. The van der Waals surface area contributed by atoms with Crippen LogP contribution in [0.25, 0.3) is 0 Å². The van der Waals surface area contributed by atoms with Crippen molar-refractivity contribution >= 4 is 63.0 Å². The molecule has 424 valence electrons. The fourth-order valence-corrected chi connectivity index (χ4v) is 9.82. The summed E-state index contributed by atoms with van der Waals surface area (Å²) in [4.78, 5) is 109. The molecule has 1 aliphatic heterocycles. The highest BCUT2D eigenvalue weighted by molar-refractivity contribution is 7.90. The second-order valence-corrected chi connectivity index (χ2v) is 23.0. The molecule has 0 radical (unpaired) electrons. The van der Waals surface area contributed by atoms with Crippen LogP contribution in [-0.2, 0) is 65.0 Å². The van der Waals surface area contributed by atoms with E-state index in [0.717, 1.165) is 28.2 Å². The van der Waals surface area contributed by atoms with Crippen molar-refractivity contribution in [2.45, 2.75) is 128 Å². The standard InChI is InChI=1S/C57H79N9O11S/c1-37(2)45(65(10)55(74)50(56(4,5)6)63-54(73)49(59-9)57(7,8)40-21-15-12-16-22-40)35-38(3)51(70)64-78(75,76)42-26-24-41(25-27-42)60-52(71)43(23-17-18-31-58)62-53(72)44(36-39-19-13-11-14-20-39)61-46(67)30-33-77-34-32-66-47(68)28-29-48(66)69/h11-16,19-22,24-29,35,37,43-45,49-50,59H,17-18,23,30-34,36,58H2,1-10H3,(H,60,71)(H,61,67)(H,62,72)(H,63,73)(H,64,70)/b38-35+/t43-,44-,45+,49+,50+/m0/s1. The molecule has 0 spiro atoms. The van der Waals surface area contributed by atoms with Gasteiger partial charge in [-0.1, -0.05) is 115 Å². The minimum absolute atomic E-state index is 0.00695. The van der Waals surface area contributed by atoms with Crippen LogP contribution in [0.1, 0.15) is 92.2 Å². The molecule has 1 aliphatic rings. The van der Waals surface area contributed by atoms with Crippen LogP contribution < -0.4 is 37.0 Å². The van der Waals surface area contributed by atoms with Gasteiger partial charge in [0.2, 0.25) is 29.5 Å². The van der Waals surface area contributed by atoms with E-state index in [1.165, 1.54) is 42.2 Å². The van der Waals surface area contributed by atoms with E-state index in [2.05, 4.69) is 31.3 Å². The molecular formula is C57H79N9O11S. The van der Waals surface area contributed by atoms with Crippen LogP contribution in [0.15, 0.2) is 114 Å². The second kappa shape index (κ2) is 29.1. The van der Waals surface area contributed by atoms with E-state index in [0.29, 0.717) is 19.4 Å². The van der Waals surface area contributed by atoms with E-state index in [-0.39, 0.29) is 67.0 Å². The Kier molecular flexibility index (Phi) is 23.6. The molecule has 20 nitrogen and oxygen atoms in total. The molecule has 0 unspecified atom stereocenters. The summed E-state index contributed by atoms with van der Waals surface area (Å²) >= 11 is 0. The summed E-state index contributed by atoms with van der Waals surface area (Å²) in [5.41, 5.74) is 6.22.